The highest BCUT2D eigenvalue weighted by Gasteiger charge is 2.46. The van der Waals surface area contributed by atoms with Gasteiger partial charge in [-0.15, -0.1) is 0 Å². The van der Waals surface area contributed by atoms with Crippen LogP contribution in [0.1, 0.15) is 52.8 Å². The number of amides is 4. The van der Waals surface area contributed by atoms with Crippen LogP contribution in [0.5, 0.6) is 0 Å². The van der Waals surface area contributed by atoms with Crippen LogP contribution in [0.4, 0.5) is 10.1 Å². The Hall–Kier alpha value is -2.81. The van der Waals surface area contributed by atoms with E-state index in [2.05, 4.69) is 16.0 Å². The molecule has 4 rings (SSSR count). The van der Waals surface area contributed by atoms with Gasteiger partial charge in [-0.05, 0) is 37.9 Å². The molecule has 1 aromatic carbocycles. The molecule has 1 aromatic rings. The third-order valence-electron chi connectivity index (χ3n) is 5.50. The molecule has 148 valence electrons. The quantitative estimate of drug-likeness (QED) is 0.658. The summed E-state index contributed by atoms with van der Waals surface area (Å²) in [4.78, 5) is 50.1. The first-order valence-corrected chi connectivity index (χ1v) is 9.48. The Balaban J connectivity index is 1.60. The molecule has 0 saturated carbocycles. The van der Waals surface area contributed by atoms with Crippen molar-refractivity contribution in [2.45, 2.75) is 44.2 Å². The molecular weight excluding hydrogens is 367 g/mol. The number of fused-ring (bicyclic) bond motifs is 1. The molecular formula is C19H21FN4O4. The van der Waals surface area contributed by atoms with Gasteiger partial charge in [0.2, 0.25) is 11.8 Å². The van der Waals surface area contributed by atoms with E-state index < -0.39 is 35.5 Å². The third kappa shape index (κ3) is 3.15. The molecule has 9 heteroatoms. The predicted octanol–water partition coefficient (Wildman–Crippen LogP) is 0.781. The molecule has 0 bridgehead atoms. The van der Waals surface area contributed by atoms with Gasteiger partial charge >= 0.3 is 0 Å². The van der Waals surface area contributed by atoms with Crippen LogP contribution in [0.25, 0.3) is 0 Å². The smallest absolute Gasteiger partial charge is 0.264 e. The van der Waals surface area contributed by atoms with Crippen molar-refractivity contribution in [3.05, 3.63) is 29.1 Å². The molecule has 2 atom stereocenters. The van der Waals surface area contributed by atoms with E-state index in [1.54, 1.807) is 0 Å². The minimum Gasteiger partial charge on any atom is -0.380 e. The van der Waals surface area contributed by atoms with Crippen molar-refractivity contribution in [3.8, 4) is 0 Å². The summed E-state index contributed by atoms with van der Waals surface area (Å²) in [7, 11) is 0. The fourth-order valence-electron chi connectivity index (χ4n) is 4.03. The molecule has 3 aliphatic rings. The third-order valence-corrected chi connectivity index (χ3v) is 5.50. The second-order valence-corrected chi connectivity index (χ2v) is 7.32. The molecule has 28 heavy (non-hydrogen) atoms. The number of hydrogen-bond acceptors (Lipinski definition) is 6. The highest BCUT2D eigenvalue weighted by Crippen LogP contribution is 2.34. The largest absolute Gasteiger partial charge is 0.380 e. The van der Waals surface area contributed by atoms with E-state index in [9.17, 15) is 23.6 Å². The maximum absolute atomic E-state index is 14.5. The summed E-state index contributed by atoms with van der Waals surface area (Å²) in [6.07, 6.45) is 3.22. The normalized spacial score (nSPS) is 25.0. The van der Waals surface area contributed by atoms with Crippen LogP contribution in [0.15, 0.2) is 12.1 Å². The summed E-state index contributed by atoms with van der Waals surface area (Å²) in [6.45, 7) is 1.32. The lowest BCUT2D eigenvalue weighted by atomic mass is 10.0. The molecule has 3 N–H and O–H groups in total. The van der Waals surface area contributed by atoms with Crippen molar-refractivity contribution in [1.82, 2.24) is 15.5 Å². The Morgan fingerprint density at radius 1 is 1.11 bits per heavy atom. The van der Waals surface area contributed by atoms with Crippen LogP contribution in [0, 0.1) is 5.82 Å². The number of imide groups is 2. The van der Waals surface area contributed by atoms with Gasteiger partial charge in [-0.1, -0.05) is 6.42 Å². The van der Waals surface area contributed by atoms with E-state index in [0.29, 0.717) is 6.54 Å². The van der Waals surface area contributed by atoms with Crippen LogP contribution in [0.3, 0.4) is 0 Å². The summed E-state index contributed by atoms with van der Waals surface area (Å²) in [5.41, 5.74) is -0.00118. The van der Waals surface area contributed by atoms with Crippen molar-refractivity contribution in [2.75, 3.05) is 18.4 Å². The topological polar surface area (TPSA) is 108 Å². The maximum Gasteiger partial charge on any atom is 0.264 e. The first-order valence-electron chi connectivity index (χ1n) is 9.48. The lowest BCUT2D eigenvalue weighted by Gasteiger charge is -2.28. The van der Waals surface area contributed by atoms with Crippen LogP contribution in [-0.2, 0) is 9.59 Å². The molecule has 4 amide bonds. The molecule has 2 saturated heterocycles. The van der Waals surface area contributed by atoms with E-state index in [1.807, 2.05) is 0 Å². The van der Waals surface area contributed by atoms with Crippen molar-refractivity contribution < 1.29 is 23.6 Å². The average Bonchev–Trinajstić information content (AvgIpc) is 2.93. The minimum atomic E-state index is -1.07. The number of carbonyl (C=O) groups is 4. The second kappa shape index (κ2) is 7.31. The molecule has 2 unspecified atom stereocenters. The lowest BCUT2D eigenvalue weighted by molar-refractivity contribution is -0.136. The summed E-state index contributed by atoms with van der Waals surface area (Å²) in [5.74, 6) is -3.11. The Labute approximate surface area is 160 Å². The van der Waals surface area contributed by atoms with Gasteiger partial charge in [0.05, 0.1) is 16.8 Å². The molecule has 2 fully saturated rings. The second-order valence-electron chi connectivity index (χ2n) is 7.32. The van der Waals surface area contributed by atoms with Crippen LogP contribution < -0.4 is 16.0 Å². The van der Waals surface area contributed by atoms with E-state index in [1.165, 1.54) is 6.07 Å². The zero-order valence-electron chi connectivity index (χ0n) is 15.2. The van der Waals surface area contributed by atoms with E-state index in [4.69, 9.17) is 0 Å². The van der Waals surface area contributed by atoms with Gasteiger partial charge in [-0.3, -0.25) is 29.4 Å². The molecule has 0 aromatic heterocycles. The van der Waals surface area contributed by atoms with Gasteiger partial charge in [0.25, 0.3) is 11.8 Å². The Kier molecular flexibility index (Phi) is 4.84. The molecule has 3 aliphatic heterocycles. The van der Waals surface area contributed by atoms with Crippen LogP contribution in [0.2, 0.25) is 0 Å². The molecule has 0 spiro atoms. The Morgan fingerprint density at radius 2 is 1.93 bits per heavy atom. The zero-order valence-corrected chi connectivity index (χ0v) is 15.2. The Morgan fingerprint density at radius 3 is 2.64 bits per heavy atom. The number of benzene rings is 1. The maximum atomic E-state index is 14.5. The van der Waals surface area contributed by atoms with E-state index in [0.717, 1.165) is 36.8 Å². The standard InChI is InChI=1S/C19H21FN4O4/c20-12-5-4-11-15(16(12)22-9-10-3-1-2-8-21-10)19(28)24(18(11)27)13-6-7-14(25)23-17(13)26/h4-5,10,13,21-22H,1-3,6-9H2,(H,23,25,26). The van der Waals surface area contributed by atoms with Gasteiger partial charge in [-0.25, -0.2) is 4.39 Å². The Bertz CT molecular complexity index is 866. The minimum absolute atomic E-state index is 0.0157. The number of nitrogens with zero attached hydrogens (tertiary/aromatic N) is 1. The van der Waals surface area contributed by atoms with Gasteiger partial charge < -0.3 is 10.6 Å². The van der Waals surface area contributed by atoms with E-state index in [-0.39, 0.29) is 35.7 Å². The lowest BCUT2D eigenvalue weighted by Crippen LogP contribution is -2.54. The average molecular weight is 388 g/mol. The molecule has 0 aliphatic carbocycles. The number of carbonyl (C=O) groups excluding carboxylic acids is 4. The number of anilines is 1. The number of nitrogens with one attached hydrogen (secondary N) is 3. The number of rotatable bonds is 4. The zero-order chi connectivity index (χ0) is 19.8. The number of hydrogen-bond donors (Lipinski definition) is 3. The SMILES string of the molecule is O=C1CCC(N2C(=O)c3ccc(F)c(NCC4CCCCN4)c3C2=O)C(=O)N1. The monoisotopic (exact) mass is 388 g/mol. The van der Waals surface area contributed by atoms with Crippen molar-refractivity contribution in [3.63, 3.8) is 0 Å². The molecule has 3 heterocycles. The van der Waals surface area contributed by atoms with Crippen molar-refractivity contribution in [2.24, 2.45) is 0 Å². The summed E-state index contributed by atoms with van der Waals surface area (Å²) >= 11 is 0. The number of piperidine rings is 2. The highest BCUT2D eigenvalue weighted by atomic mass is 19.1. The van der Waals surface area contributed by atoms with Crippen molar-refractivity contribution in [1.29, 1.82) is 0 Å². The van der Waals surface area contributed by atoms with Gasteiger partial charge in [0, 0.05) is 19.0 Å². The first-order chi connectivity index (χ1) is 13.5. The molecule has 8 nitrogen and oxygen atoms in total. The van der Waals surface area contributed by atoms with Crippen molar-refractivity contribution >= 4 is 29.3 Å². The first kappa shape index (κ1) is 18.5. The van der Waals surface area contributed by atoms with E-state index >= 15 is 0 Å². The van der Waals surface area contributed by atoms with Gasteiger partial charge in [0.1, 0.15) is 11.9 Å². The summed E-state index contributed by atoms with van der Waals surface area (Å²) in [5, 5.41) is 8.47. The van der Waals surface area contributed by atoms with Gasteiger partial charge in [0.15, 0.2) is 0 Å². The number of halogens is 1. The highest BCUT2D eigenvalue weighted by molar-refractivity contribution is 6.25. The van der Waals surface area contributed by atoms with Gasteiger partial charge in [-0.2, -0.15) is 0 Å². The predicted molar refractivity (Wildman–Crippen MR) is 97.2 cm³/mol. The fraction of sp³-hybridized carbons (Fsp3) is 0.474. The van der Waals surface area contributed by atoms with Crippen LogP contribution >= 0.6 is 0 Å². The molecule has 0 radical (unpaired) electrons. The summed E-state index contributed by atoms with van der Waals surface area (Å²) in [6, 6.07) is 1.50. The fourth-order valence-corrected chi connectivity index (χ4v) is 4.03. The van der Waals surface area contributed by atoms with Crippen LogP contribution in [-0.4, -0.2) is 53.7 Å². The summed E-state index contributed by atoms with van der Waals surface area (Å²) < 4.78 is 14.5.